The first kappa shape index (κ1) is 12.6. The zero-order valence-corrected chi connectivity index (χ0v) is 11.3. The number of nitrogens with zero attached hydrogens (tertiary/aromatic N) is 1. The summed E-state index contributed by atoms with van der Waals surface area (Å²) in [5.74, 6) is 7.22. The van der Waals surface area contributed by atoms with E-state index in [0.717, 1.165) is 5.92 Å². The molecule has 3 atom stereocenters. The minimum absolute atomic E-state index is 0.227. The van der Waals surface area contributed by atoms with Crippen LogP contribution < -0.4 is 11.3 Å². The van der Waals surface area contributed by atoms with Crippen molar-refractivity contribution < 1.29 is 0 Å². The van der Waals surface area contributed by atoms with E-state index in [-0.39, 0.29) is 6.04 Å². The summed E-state index contributed by atoms with van der Waals surface area (Å²) in [6.45, 7) is 2.34. The molecule has 19 heavy (non-hydrogen) atoms. The Kier molecular flexibility index (Phi) is 3.49. The Morgan fingerprint density at radius 3 is 2.95 bits per heavy atom. The van der Waals surface area contributed by atoms with E-state index in [2.05, 4.69) is 41.6 Å². The van der Waals surface area contributed by atoms with Gasteiger partial charge in [0.05, 0.1) is 0 Å². The molecule has 100 valence electrons. The van der Waals surface area contributed by atoms with Crippen molar-refractivity contribution in [3.63, 3.8) is 0 Å². The topological polar surface area (TPSA) is 50.9 Å². The third-order valence-corrected chi connectivity index (χ3v) is 4.59. The number of pyridine rings is 1. The SMILES string of the molecule is CC1CCCC1C(NN)c1cccc2ccncc12. The summed E-state index contributed by atoms with van der Waals surface area (Å²) in [6, 6.07) is 8.71. The Bertz CT molecular complexity index is 561. The Balaban J connectivity index is 2.06. The van der Waals surface area contributed by atoms with Crippen LogP contribution in [0.25, 0.3) is 10.8 Å². The Labute approximate surface area is 114 Å². The van der Waals surface area contributed by atoms with Crippen LogP contribution in [0.1, 0.15) is 37.8 Å². The van der Waals surface area contributed by atoms with Crippen LogP contribution in [0.5, 0.6) is 0 Å². The molecule has 3 nitrogen and oxygen atoms in total. The molecule has 3 heteroatoms. The van der Waals surface area contributed by atoms with Gasteiger partial charge in [-0.3, -0.25) is 16.3 Å². The van der Waals surface area contributed by atoms with Crippen LogP contribution in [0.4, 0.5) is 0 Å². The van der Waals surface area contributed by atoms with Gasteiger partial charge in [-0.1, -0.05) is 38.0 Å². The largest absolute Gasteiger partial charge is 0.271 e. The fourth-order valence-corrected chi connectivity index (χ4v) is 3.52. The third kappa shape index (κ3) is 2.24. The second kappa shape index (κ2) is 5.27. The lowest BCUT2D eigenvalue weighted by molar-refractivity contribution is 0.306. The molecule has 0 saturated heterocycles. The Morgan fingerprint density at radius 2 is 2.21 bits per heavy atom. The van der Waals surface area contributed by atoms with Gasteiger partial charge in [-0.05, 0) is 35.3 Å². The van der Waals surface area contributed by atoms with Crippen LogP contribution >= 0.6 is 0 Å². The maximum atomic E-state index is 5.87. The molecule has 3 N–H and O–H groups in total. The number of hydrogen-bond donors (Lipinski definition) is 2. The summed E-state index contributed by atoms with van der Waals surface area (Å²) in [7, 11) is 0. The molecule has 0 amide bonds. The second-order valence-corrected chi connectivity index (χ2v) is 5.66. The smallest absolute Gasteiger partial charge is 0.0497 e. The van der Waals surface area contributed by atoms with Crippen molar-refractivity contribution in [3.8, 4) is 0 Å². The van der Waals surface area contributed by atoms with E-state index in [1.807, 2.05) is 12.4 Å². The van der Waals surface area contributed by atoms with E-state index in [0.29, 0.717) is 5.92 Å². The molecule has 1 saturated carbocycles. The fraction of sp³-hybridized carbons (Fsp3) is 0.438. The number of fused-ring (bicyclic) bond motifs is 1. The molecule has 3 rings (SSSR count). The Hall–Kier alpha value is -1.45. The number of hydrogen-bond acceptors (Lipinski definition) is 3. The summed E-state index contributed by atoms with van der Waals surface area (Å²) in [6.07, 6.45) is 7.68. The van der Waals surface area contributed by atoms with Crippen LogP contribution in [0.3, 0.4) is 0 Å². The standard InChI is InChI=1S/C16H21N3/c1-11-4-2-6-13(11)16(19-17)14-7-3-5-12-8-9-18-10-15(12)14/h3,5,7-11,13,16,19H,2,4,6,17H2,1H3. The van der Waals surface area contributed by atoms with Gasteiger partial charge < -0.3 is 0 Å². The lowest BCUT2D eigenvalue weighted by Gasteiger charge is -2.27. The predicted molar refractivity (Wildman–Crippen MR) is 78.3 cm³/mol. The van der Waals surface area contributed by atoms with Crippen molar-refractivity contribution >= 4 is 10.8 Å². The number of aromatic nitrogens is 1. The molecule has 1 aromatic carbocycles. The van der Waals surface area contributed by atoms with E-state index >= 15 is 0 Å². The van der Waals surface area contributed by atoms with Crippen molar-refractivity contribution in [1.82, 2.24) is 10.4 Å². The first-order valence-corrected chi connectivity index (χ1v) is 7.10. The minimum atomic E-state index is 0.227. The van der Waals surface area contributed by atoms with Gasteiger partial charge in [0.15, 0.2) is 0 Å². The molecule has 0 bridgehead atoms. The molecule has 1 aliphatic rings. The van der Waals surface area contributed by atoms with Crippen molar-refractivity contribution in [3.05, 3.63) is 42.2 Å². The first-order chi connectivity index (χ1) is 9.31. The van der Waals surface area contributed by atoms with Gasteiger partial charge in [-0.2, -0.15) is 0 Å². The van der Waals surface area contributed by atoms with Gasteiger partial charge in [0.1, 0.15) is 0 Å². The maximum Gasteiger partial charge on any atom is 0.0497 e. The van der Waals surface area contributed by atoms with E-state index in [1.54, 1.807) is 0 Å². The highest BCUT2D eigenvalue weighted by molar-refractivity contribution is 5.85. The maximum absolute atomic E-state index is 5.87. The summed E-state index contributed by atoms with van der Waals surface area (Å²) in [5, 5.41) is 2.45. The zero-order chi connectivity index (χ0) is 13.2. The monoisotopic (exact) mass is 255 g/mol. The molecular formula is C16H21N3. The van der Waals surface area contributed by atoms with E-state index in [4.69, 9.17) is 5.84 Å². The van der Waals surface area contributed by atoms with E-state index in [9.17, 15) is 0 Å². The second-order valence-electron chi connectivity index (χ2n) is 5.66. The molecule has 3 unspecified atom stereocenters. The highest BCUT2D eigenvalue weighted by Crippen LogP contribution is 2.41. The average Bonchev–Trinajstić information content (AvgIpc) is 2.86. The molecule has 1 aromatic heterocycles. The summed E-state index contributed by atoms with van der Waals surface area (Å²) >= 11 is 0. The third-order valence-electron chi connectivity index (χ3n) is 4.59. The summed E-state index contributed by atoms with van der Waals surface area (Å²) in [5.41, 5.74) is 4.34. The lowest BCUT2D eigenvalue weighted by Crippen LogP contribution is -2.34. The van der Waals surface area contributed by atoms with Gasteiger partial charge >= 0.3 is 0 Å². The van der Waals surface area contributed by atoms with Crippen LogP contribution in [0.2, 0.25) is 0 Å². The molecule has 2 aromatic rings. The Morgan fingerprint density at radius 1 is 1.32 bits per heavy atom. The van der Waals surface area contributed by atoms with Crippen LogP contribution in [-0.4, -0.2) is 4.98 Å². The predicted octanol–water partition coefficient (Wildman–Crippen LogP) is 3.18. The normalized spacial score (nSPS) is 24.7. The first-order valence-electron chi connectivity index (χ1n) is 7.10. The van der Waals surface area contributed by atoms with Crippen molar-refractivity contribution in [2.75, 3.05) is 0 Å². The van der Waals surface area contributed by atoms with Gasteiger partial charge in [0.2, 0.25) is 0 Å². The zero-order valence-electron chi connectivity index (χ0n) is 11.3. The molecule has 1 heterocycles. The number of nitrogens with one attached hydrogen (secondary N) is 1. The quantitative estimate of drug-likeness (QED) is 0.654. The average molecular weight is 255 g/mol. The molecule has 1 fully saturated rings. The van der Waals surface area contributed by atoms with Crippen LogP contribution in [0, 0.1) is 11.8 Å². The van der Waals surface area contributed by atoms with Crippen LogP contribution in [-0.2, 0) is 0 Å². The van der Waals surface area contributed by atoms with Crippen molar-refractivity contribution in [2.24, 2.45) is 17.7 Å². The number of rotatable bonds is 3. The number of nitrogens with two attached hydrogens (primary N) is 1. The van der Waals surface area contributed by atoms with E-state index in [1.165, 1.54) is 35.6 Å². The minimum Gasteiger partial charge on any atom is -0.271 e. The molecule has 0 spiro atoms. The van der Waals surface area contributed by atoms with E-state index < -0.39 is 0 Å². The van der Waals surface area contributed by atoms with Gasteiger partial charge in [0, 0.05) is 23.8 Å². The lowest BCUT2D eigenvalue weighted by atomic mass is 9.85. The molecule has 0 radical (unpaired) electrons. The molecule has 0 aliphatic heterocycles. The number of benzene rings is 1. The highest BCUT2D eigenvalue weighted by Gasteiger charge is 2.31. The summed E-state index contributed by atoms with van der Waals surface area (Å²) < 4.78 is 0. The highest BCUT2D eigenvalue weighted by atomic mass is 15.2. The molecule has 1 aliphatic carbocycles. The van der Waals surface area contributed by atoms with Gasteiger partial charge in [0.25, 0.3) is 0 Å². The van der Waals surface area contributed by atoms with Gasteiger partial charge in [-0.25, -0.2) is 0 Å². The number of hydrazine groups is 1. The van der Waals surface area contributed by atoms with Gasteiger partial charge in [-0.15, -0.1) is 0 Å². The molecular weight excluding hydrogens is 234 g/mol. The summed E-state index contributed by atoms with van der Waals surface area (Å²) in [4.78, 5) is 4.27. The fourth-order valence-electron chi connectivity index (χ4n) is 3.52. The van der Waals surface area contributed by atoms with Crippen LogP contribution in [0.15, 0.2) is 36.7 Å². The van der Waals surface area contributed by atoms with Crippen molar-refractivity contribution in [1.29, 1.82) is 0 Å². The van der Waals surface area contributed by atoms with Crippen molar-refractivity contribution in [2.45, 2.75) is 32.2 Å².